The number of ether oxygens (including phenoxy) is 2. The molecule has 1 saturated carbocycles. The highest BCUT2D eigenvalue weighted by molar-refractivity contribution is 5.95. The van der Waals surface area contributed by atoms with Gasteiger partial charge in [-0.1, -0.05) is 6.07 Å². The van der Waals surface area contributed by atoms with Crippen molar-refractivity contribution in [3.8, 4) is 0 Å². The number of rotatable bonds is 4. The number of aryl methyl sites for hydroxylation is 1. The van der Waals surface area contributed by atoms with Crippen LogP contribution in [0.3, 0.4) is 0 Å². The molecular formula is C19H22N2O4. The molecule has 25 heavy (non-hydrogen) atoms. The number of furan rings is 1. The van der Waals surface area contributed by atoms with E-state index in [4.69, 9.17) is 13.9 Å². The Hall–Kier alpha value is -2.18. The van der Waals surface area contributed by atoms with Crippen LogP contribution in [0.1, 0.15) is 34.5 Å². The van der Waals surface area contributed by atoms with Gasteiger partial charge >= 0.3 is 0 Å². The first-order valence-electron chi connectivity index (χ1n) is 8.71. The monoisotopic (exact) mass is 342 g/mol. The zero-order valence-corrected chi connectivity index (χ0v) is 14.3. The molecule has 2 fully saturated rings. The predicted molar refractivity (Wildman–Crippen MR) is 90.1 cm³/mol. The van der Waals surface area contributed by atoms with Crippen LogP contribution in [-0.4, -0.2) is 47.2 Å². The van der Waals surface area contributed by atoms with Gasteiger partial charge in [0.1, 0.15) is 11.9 Å². The van der Waals surface area contributed by atoms with Gasteiger partial charge in [0.05, 0.1) is 37.2 Å². The molecule has 6 nitrogen and oxygen atoms in total. The minimum atomic E-state index is -0.112. The van der Waals surface area contributed by atoms with Gasteiger partial charge < -0.3 is 18.8 Å². The summed E-state index contributed by atoms with van der Waals surface area (Å²) >= 11 is 0. The fourth-order valence-corrected chi connectivity index (χ4v) is 3.80. The molecule has 132 valence electrons. The Bertz CT molecular complexity index is 730. The molecule has 2 aromatic heterocycles. The molecule has 1 saturated heterocycles. The molecular weight excluding hydrogens is 320 g/mol. The number of nitrogens with zero attached hydrogens (tertiary/aromatic N) is 2. The van der Waals surface area contributed by atoms with Crippen LogP contribution in [0.25, 0.3) is 0 Å². The Kier molecular flexibility index (Phi) is 4.55. The lowest BCUT2D eigenvalue weighted by atomic mass is 10.1. The summed E-state index contributed by atoms with van der Waals surface area (Å²) in [5.41, 5.74) is 1.64. The molecule has 1 aliphatic heterocycles. The Labute approximate surface area is 146 Å². The van der Waals surface area contributed by atoms with Gasteiger partial charge in [-0.25, -0.2) is 0 Å². The topological polar surface area (TPSA) is 64.8 Å². The molecule has 1 amide bonds. The molecule has 3 unspecified atom stereocenters. The Morgan fingerprint density at radius 2 is 2.32 bits per heavy atom. The molecule has 4 rings (SSSR count). The Balaban J connectivity index is 1.52. The zero-order chi connectivity index (χ0) is 17.2. The quantitative estimate of drug-likeness (QED) is 0.854. The number of carbonyl (C=O) groups excluding carboxylic acids is 1. The predicted octanol–water partition coefficient (Wildman–Crippen LogP) is 2.57. The summed E-state index contributed by atoms with van der Waals surface area (Å²) in [6, 6.07) is 5.66. The van der Waals surface area contributed by atoms with Gasteiger partial charge in [-0.2, -0.15) is 0 Å². The van der Waals surface area contributed by atoms with Crippen LogP contribution < -0.4 is 0 Å². The third kappa shape index (κ3) is 3.19. The van der Waals surface area contributed by atoms with E-state index in [1.807, 2.05) is 24.0 Å². The van der Waals surface area contributed by atoms with Crippen LogP contribution in [0, 0.1) is 6.92 Å². The number of hydrogen-bond donors (Lipinski definition) is 0. The lowest BCUT2D eigenvalue weighted by Crippen LogP contribution is -2.46. The fourth-order valence-electron chi connectivity index (χ4n) is 3.80. The van der Waals surface area contributed by atoms with Gasteiger partial charge in [0.2, 0.25) is 0 Å². The van der Waals surface area contributed by atoms with Crippen molar-refractivity contribution < 1.29 is 18.7 Å². The number of hydrogen-bond acceptors (Lipinski definition) is 5. The molecule has 0 radical (unpaired) electrons. The van der Waals surface area contributed by atoms with Crippen LogP contribution in [0.2, 0.25) is 0 Å². The van der Waals surface area contributed by atoms with E-state index in [1.165, 1.54) is 0 Å². The summed E-state index contributed by atoms with van der Waals surface area (Å²) in [6.07, 6.45) is 6.85. The van der Waals surface area contributed by atoms with E-state index < -0.39 is 0 Å². The fraction of sp³-hybridized carbons (Fsp3) is 0.474. The molecule has 2 aromatic rings. The van der Waals surface area contributed by atoms with E-state index in [2.05, 4.69) is 4.98 Å². The number of fused-ring (bicyclic) bond motifs is 2. The van der Waals surface area contributed by atoms with Crippen LogP contribution in [-0.2, 0) is 16.1 Å². The molecule has 3 heterocycles. The number of amides is 1. The maximum absolute atomic E-state index is 13.0. The summed E-state index contributed by atoms with van der Waals surface area (Å²) in [4.78, 5) is 19.0. The van der Waals surface area contributed by atoms with Gasteiger partial charge in [-0.3, -0.25) is 9.78 Å². The molecule has 2 aliphatic rings. The highest BCUT2D eigenvalue weighted by Crippen LogP contribution is 2.33. The number of pyridine rings is 1. The van der Waals surface area contributed by atoms with E-state index >= 15 is 0 Å². The lowest BCUT2D eigenvalue weighted by molar-refractivity contribution is -0.0598. The van der Waals surface area contributed by atoms with Gasteiger partial charge in [0, 0.05) is 18.9 Å². The standard InChI is InChI=1S/C19H22N2O4/c1-13-15(6-9-23-13)19(22)21-8-10-24-17-5-4-16(21)18(17)25-12-14-3-2-7-20-11-14/h2-3,6-7,9,11,16-18H,4-5,8,10,12H2,1H3. The molecule has 6 heteroatoms. The van der Waals surface area contributed by atoms with Crippen molar-refractivity contribution in [3.63, 3.8) is 0 Å². The second kappa shape index (κ2) is 6.98. The normalized spacial score (nSPS) is 25.8. The first-order chi connectivity index (χ1) is 12.2. The summed E-state index contributed by atoms with van der Waals surface area (Å²) in [5.74, 6) is 0.648. The van der Waals surface area contributed by atoms with E-state index in [0.717, 1.165) is 18.4 Å². The molecule has 3 atom stereocenters. The van der Waals surface area contributed by atoms with Crippen molar-refractivity contribution in [3.05, 3.63) is 53.7 Å². The van der Waals surface area contributed by atoms with E-state index in [1.54, 1.807) is 24.7 Å². The van der Waals surface area contributed by atoms with E-state index in [-0.39, 0.29) is 24.2 Å². The summed E-state index contributed by atoms with van der Waals surface area (Å²) < 4.78 is 17.4. The lowest BCUT2D eigenvalue weighted by Gasteiger charge is -2.31. The highest BCUT2D eigenvalue weighted by atomic mass is 16.5. The van der Waals surface area contributed by atoms with Crippen LogP contribution in [0.5, 0.6) is 0 Å². The molecule has 0 aromatic carbocycles. The van der Waals surface area contributed by atoms with Crippen LogP contribution in [0.15, 0.2) is 41.3 Å². The Morgan fingerprint density at radius 1 is 1.40 bits per heavy atom. The SMILES string of the molecule is Cc1occc1C(=O)N1CCOC2CCC1C2OCc1cccnc1. The van der Waals surface area contributed by atoms with E-state index in [9.17, 15) is 4.79 Å². The maximum Gasteiger partial charge on any atom is 0.257 e. The first kappa shape index (κ1) is 16.3. The van der Waals surface area contributed by atoms with Gasteiger partial charge in [-0.15, -0.1) is 0 Å². The summed E-state index contributed by atoms with van der Waals surface area (Å²) in [5, 5.41) is 0. The third-order valence-corrected chi connectivity index (χ3v) is 5.07. The van der Waals surface area contributed by atoms with Crippen molar-refractivity contribution in [1.29, 1.82) is 0 Å². The van der Waals surface area contributed by atoms with Crippen molar-refractivity contribution >= 4 is 5.91 Å². The van der Waals surface area contributed by atoms with Crippen LogP contribution >= 0.6 is 0 Å². The molecule has 1 aliphatic carbocycles. The second-order valence-corrected chi connectivity index (χ2v) is 6.58. The molecule has 0 spiro atoms. The number of carbonyl (C=O) groups is 1. The van der Waals surface area contributed by atoms with E-state index in [0.29, 0.717) is 31.1 Å². The first-order valence-corrected chi connectivity index (χ1v) is 8.71. The second-order valence-electron chi connectivity index (χ2n) is 6.58. The Morgan fingerprint density at radius 3 is 3.08 bits per heavy atom. The van der Waals surface area contributed by atoms with Crippen molar-refractivity contribution in [1.82, 2.24) is 9.88 Å². The molecule has 2 bridgehead atoms. The third-order valence-electron chi connectivity index (χ3n) is 5.07. The average Bonchev–Trinajstić information content (AvgIpc) is 3.17. The number of aromatic nitrogens is 1. The average molecular weight is 342 g/mol. The minimum Gasteiger partial charge on any atom is -0.469 e. The van der Waals surface area contributed by atoms with Crippen LogP contribution in [0.4, 0.5) is 0 Å². The minimum absolute atomic E-state index is 0.00243. The highest BCUT2D eigenvalue weighted by Gasteiger charge is 2.45. The smallest absolute Gasteiger partial charge is 0.257 e. The summed E-state index contributed by atoms with van der Waals surface area (Å²) in [7, 11) is 0. The van der Waals surface area contributed by atoms with Crippen molar-refractivity contribution in [2.24, 2.45) is 0 Å². The van der Waals surface area contributed by atoms with Crippen molar-refractivity contribution in [2.75, 3.05) is 13.2 Å². The maximum atomic E-state index is 13.0. The summed E-state index contributed by atoms with van der Waals surface area (Å²) in [6.45, 7) is 3.41. The zero-order valence-electron chi connectivity index (χ0n) is 14.3. The largest absolute Gasteiger partial charge is 0.469 e. The van der Waals surface area contributed by atoms with Gasteiger partial charge in [-0.05, 0) is 37.5 Å². The van der Waals surface area contributed by atoms with Gasteiger partial charge in [0.15, 0.2) is 0 Å². The molecule has 0 N–H and O–H groups in total. The van der Waals surface area contributed by atoms with Gasteiger partial charge in [0.25, 0.3) is 5.91 Å². The van der Waals surface area contributed by atoms with Crippen molar-refractivity contribution in [2.45, 2.75) is 44.6 Å².